The third kappa shape index (κ3) is 2.69. The highest BCUT2D eigenvalue weighted by Gasteiger charge is 2.06. The van der Waals surface area contributed by atoms with Gasteiger partial charge >= 0.3 is 0 Å². The molecule has 0 saturated heterocycles. The van der Waals surface area contributed by atoms with Crippen LogP contribution in [0.1, 0.15) is 18.5 Å². The van der Waals surface area contributed by atoms with E-state index in [1.165, 1.54) is 5.56 Å². The van der Waals surface area contributed by atoms with Crippen LogP contribution in [-0.2, 0) is 0 Å². The summed E-state index contributed by atoms with van der Waals surface area (Å²) < 4.78 is 0. The first kappa shape index (κ1) is 12.0. The summed E-state index contributed by atoms with van der Waals surface area (Å²) >= 11 is 1.73. The van der Waals surface area contributed by atoms with Gasteiger partial charge in [0.2, 0.25) is 0 Å². The Labute approximate surface area is 116 Å². The fourth-order valence-electron chi connectivity index (χ4n) is 2.05. The Morgan fingerprint density at radius 3 is 2.95 bits per heavy atom. The number of thiophene rings is 1. The van der Waals surface area contributed by atoms with Gasteiger partial charge in [0.05, 0.1) is 5.69 Å². The molecule has 0 amide bonds. The Balaban J connectivity index is 1.80. The Hall–Kier alpha value is -2.07. The summed E-state index contributed by atoms with van der Waals surface area (Å²) in [5, 5.41) is 14.8. The lowest BCUT2D eigenvalue weighted by molar-refractivity contribution is 0.891. The lowest BCUT2D eigenvalue weighted by Crippen LogP contribution is -2.05. The van der Waals surface area contributed by atoms with E-state index in [0.29, 0.717) is 6.04 Å². The minimum atomic E-state index is 0.309. The van der Waals surface area contributed by atoms with Crippen LogP contribution in [0.3, 0.4) is 0 Å². The van der Waals surface area contributed by atoms with Gasteiger partial charge in [-0.25, -0.2) is 0 Å². The molecule has 0 spiro atoms. The molecule has 3 aromatic rings. The first-order chi connectivity index (χ1) is 9.33. The minimum absolute atomic E-state index is 0.309. The van der Waals surface area contributed by atoms with Crippen molar-refractivity contribution in [3.05, 3.63) is 58.9 Å². The molecule has 2 heterocycles. The molecular formula is C15H15N3S. The zero-order chi connectivity index (χ0) is 13.1. The predicted molar refractivity (Wildman–Crippen MR) is 80.4 cm³/mol. The van der Waals surface area contributed by atoms with Crippen molar-refractivity contribution in [2.75, 3.05) is 5.32 Å². The van der Waals surface area contributed by atoms with Crippen molar-refractivity contribution in [1.82, 2.24) is 10.2 Å². The van der Waals surface area contributed by atoms with Crippen molar-refractivity contribution >= 4 is 17.0 Å². The first-order valence-corrected chi connectivity index (χ1v) is 7.15. The summed E-state index contributed by atoms with van der Waals surface area (Å²) in [7, 11) is 0. The lowest BCUT2D eigenvalue weighted by Gasteiger charge is -2.14. The molecule has 0 bridgehead atoms. The molecule has 19 heavy (non-hydrogen) atoms. The van der Waals surface area contributed by atoms with Gasteiger partial charge in [-0.05, 0) is 47.5 Å². The molecule has 96 valence electrons. The summed E-state index contributed by atoms with van der Waals surface area (Å²) in [5.74, 6) is 0. The molecule has 2 N–H and O–H groups in total. The molecule has 3 nitrogen and oxygen atoms in total. The summed E-state index contributed by atoms with van der Waals surface area (Å²) in [5.41, 5.74) is 4.61. The largest absolute Gasteiger partial charge is 0.378 e. The number of benzene rings is 1. The molecule has 0 aliphatic carbocycles. The maximum Gasteiger partial charge on any atom is 0.0650 e. The van der Waals surface area contributed by atoms with E-state index in [9.17, 15) is 0 Å². The number of anilines is 1. The number of H-pyrrole nitrogens is 1. The van der Waals surface area contributed by atoms with Gasteiger partial charge < -0.3 is 5.32 Å². The topological polar surface area (TPSA) is 40.7 Å². The van der Waals surface area contributed by atoms with E-state index in [4.69, 9.17) is 0 Å². The first-order valence-electron chi connectivity index (χ1n) is 6.21. The molecule has 1 unspecified atom stereocenters. The summed E-state index contributed by atoms with van der Waals surface area (Å²) in [6, 6.07) is 12.8. The number of nitrogens with zero attached hydrogens (tertiary/aromatic N) is 1. The van der Waals surface area contributed by atoms with Crippen molar-refractivity contribution in [3.8, 4) is 11.3 Å². The van der Waals surface area contributed by atoms with Gasteiger partial charge in [0.15, 0.2) is 0 Å². The zero-order valence-corrected chi connectivity index (χ0v) is 11.4. The molecule has 0 radical (unpaired) electrons. The number of rotatable bonds is 4. The van der Waals surface area contributed by atoms with E-state index >= 15 is 0 Å². The van der Waals surface area contributed by atoms with E-state index in [1.807, 2.05) is 6.07 Å². The highest BCUT2D eigenvalue weighted by Crippen LogP contribution is 2.24. The van der Waals surface area contributed by atoms with Crippen LogP contribution in [0.15, 0.2) is 53.4 Å². The second kappa shape index (κ2) is 5.28. The molecule has 0 saturated carbocycles. The predicted octanol–water partition coefficient (Wildman–Crippen LogP) is 4.31. The number of hydrogen-bond acceptors (Lipinski definition) is 3. The smallest absolute Gasteiger partial charge is 0.0650 e. The molecule has 0 fully saturated rings. The summed E-state index contributed by atoms with van der Waals surface area (Å²) in [6.45, 7) is 2.17. The van der Waals surface area contributed by atoms with Gasteiger partial charge in [-0.2, -0.15) is 16.4 Å². The molecule has 1 atom stereocenters. The van der Waals surface area contributed by atoms with E-state index in [2.05, 4.69) is 63.5 Å². The van der Waals surface area contributed by atoms with Crippen LogP contribution < -0.4 is 5.32 Å². The standard InChI is InChI=1S/C15H15N3S/c1-11(13-6-8-19-10-13)17-14-4-2-3-12(9-14)15-5-7-16-18-15/h2-11,17H,1H3,(H,16,18). The fourth-order valence-corrected chi connectivity index (χ4v) is 2.80. The van der Waals surface area contributed by atoms with Crippen molar-refractivity contribution < 1.29 is 0 Å². The SMILES string of the molecule is CC(Nc1cccc(-c2ccn[nH]2)c1)c1ccsc1. The molecule has 0 aliphatic heterocycles. The van der Waals surface area contributed by atoms with Crippen LogP contribution in [0.5, 0.6) is 0 Å². The third-order valence-corrected chi connectivity index (χ3v) is 3.80. The Morgan fingerprint density at radius 2 is 2.21 bits per heavy atom. The molecule has 2 aromatic heterocycles. The van der Waals surface area contributed by atoms with Gasteiger partial charge in [0, 0.05) is 23.5 Å². The molecule has 3 rings (SSSR count). The number of hydrogen-bond donors (Lipinski definition) is 2. The number of nitrogens with one attached hydrogen (secondary N) is 2. The highest BCUT2D eigenvalue weighted by molar-refractivity contribution is 7.07. The average Bonchev–Trinajstić information content (AvgIpc) is 3.13. The van der Waals surface area contributed by atoms with Crippen LogP contribution in [0.2, 0.25) is 0 Å². The second-order valence-electron chi connectivity index (χ2n) is 4.47. The summed E-state index contributed by atoms with van der Waals surface area (Å²) in [6.07, 6.45) is 1.77. The van der Waals surface area contributed by atoms with Gasteiger partial charge in [-0.1, -0.05) is 12.1 Å². The number of aromatic nitrogens is 2. The Bertz CT molecular complexity index is 629. The van der Waals surface area contributed by atoms with E-state index in [1.54, 1.807) is 17.5 Å². The van der Waals surface area contributed by atoms with Crippen LogP contribution in [0.25, 0.3) is 11.3 Å². The average molecular weight is 269 g/mol. The van der Waals surface area contributed by atoms with Crippen molar-refractivity contribution in [2.45, 2.75) is 13.0 Å². The molecule has 4 heteroatoms. The van der Waals surface area contributed by atoms with Crippen LogP contribution in [-0.4, -0.2) is 10.2 Å². The maximum atomic E-state index is 3.99. The van der Waals surface area contributed by atoms with Crippen molar-refractivity contribution in [1.29, 1.82) is 0 Å². The summed E-state index contributed by atoms with van der Waals surface area (Å²) in [4.78, 5) is 0. The second-order valence-corrected chi connectivity index (χ2v) is 5.25. The Kier molecular flexibility index (Phi) is 3.33. The zero-order valence-electron chi connectivity index (χ0n) is 10.6. The van der Waals surface area contributed by atoms with E-state index < -0.39 is 0 Å². The third-order valence-electron chi connectivity index (χ3n) is 3.10. The van der Waals surface area contributed by atoms with E-state index in [-0.39, 0.29) is 0 Å². The number of aromatic amines is 1. The van der Waals surface area contributed by atoms with Crippen LogP contribution >= 0.6 is 11.3 Å². The lowest BCUT2D eigenvalue weighted by atomic mass is 10.1. The monoisotopic (exact) mass is 269 g/mol. The maximum absolute atomic E-state index is 3.99. The van der Waals surface area contributed by atoms with Crippen molar-refractivity contribution in [2.24, 2.45) is 0 Å². The van der Waals surface area contributed by atoms with Crippen LogP contribution in [0.4, 0.5) is 5.69 Å². The van der Waals surface area contributed by atoms with Gasteiger partial charge in [-0.15, -0.1) is 0 Å². The minimum Gasteiger partial charge on any atom is -0.378 e. The molecule has 0 aliphatic rings. The van der Waals surface area contributed by atoms with Gasteiger partial charge in [0.25, 0.3) is 0 Å². The van der Waals surface area contributed by atoms with Gasteiger partial charge in [-0.3, -0.25) is 5.10 Å². The Morgan fingerprint density at radius 1 is 1.26 bits per heavy atom. The molecular weight excluding hydrogens is 254 g/mol. The van der Waals surface area contributed by atoms with Gasteiger partial charge in [0.1, 0.15) is 0 Å². The highest BCUT2D eigenvalue weighted by atomic mass is 32.1. The van der Waals surface area contributed by atoms with Crippen LogP contribution in [0, 0.1) is 0 Å². The molecule has 1 aromatic carbocycles. The fraction of sp³-hybridized carbons (Fsp3) is 0.133. The van der Waals surface area contributed by atoms with Crippen molar-refractivity contribution in [3.63, 3.8) is 0 Å². The quantitative estimate of drug-likeness (QED) is 0.741. The normalized spacial score (nSPS) is 12.3. The van der Waals surface area contributed by atoms with E-state index in [0.717, 1.165) is 16.9 Å².